The number of hydrogen-bond acceptors (Lipinski definition) is 1. The fourth-order valence-electron chi connectivity index (χ4n) is 0. The first-order chi connectivity index (χ1) is 2.27. The van der Waals surface area contributed by atoms with E-state index in [4.69, 9.17) is 5.11 Å². The van der Waals surface area contributed by atoms with E-state index in [1.807, 2.05) is 13.8 Å². The minimum atomic E-state index is 0. The third-order valence-electron chi connectivity index (χ3n) is 0.365. The predicted octanol–water partition coefficient (Wildman–Crippen LogP) is 1.10. The molecule has 44 valence electrons. The molecular formula is C4H13IMgO. The van der Waals surface area contributed by atoms with Crippen molar-refractivity contribution in [1.29, 1.82) is 0 Å². The summed E-state index contributed by atoms with van der Waals surface area (Å²) < 4.78 is 0. The van der Waals surface area contributed by atoms with Gasteiger partial charge in [-0.15, -0.1) is 24.0 Å². The van der Waals surface area contributed by atoms with Crippen LogP contribution in [0.25, 0.3) is 0 Å². The second kappa shape index (κ2) is 10.4. The summed E-state index contributed by atoms with van der Waals surface area (Å²) in [4.78, 5) is 0. The van der Waals surface area contributed by atoms with Gasteiger partial charge in [-0.3, -0.25) is 0 Å². The van der Waals surface area contributed by atoms with Gasteiger partial charge in [0, 0.05) is 6.61 Å². The van der Waals surface area contributed by atoms with E-state index in [0.717, 1.165) is 0 Å². The number of hydrogen-bond donors (Lipinski definition) is 1. The Hall–Kier alpha value is 1.46. The minimum absolute atomic E-state index is 0. The molecule has 0 spiro atoms. The molecule has 0 aliphatic rings. The van der Waals surface area contributed by atoms with Crippen molar-refractivity contribution in [3.8, 4) is 0 Å². The maximum absolute atomic E-state index is 8.14. The van der Waals surface area contributed by atoms with Crippen LogP contribution < -0.4 is 0 Å². The molecule has 0 heterocycles. The van der Waals surface area contributed by atoms with Gasteiger partial charge in [0.1, 0.15) is 0 Å². The Labute approximate surface area is 81.0 Å². The van der Waals surface area contributed by atoms with Gasteiger partial charge < -0.3 is 7.96 Å². The predicted molar refractivity (Wildman–Crippen MR) is 45.3 cm³/mol. The standard InChI is InChI=1S/C4H10O.HI.Mg.2H/c1-4(2)3-5;;;;/h4-5H,3H2,1-2H3;1H;;;/q;;+2;2*-1. The smallest absolute Gasteiger partial charge is 1.00 e. The van der Waals surface area contributed by atoms with Gasteiger partial charge in [0.05, 0.1) is 0 Å². The van der Waals surface area contributed by atoms with Gasteiger partial charge in [0.25, 0.3) is 0 Å². The third-order valence-corrected chi connectivity index (χ3v) is 0.365. The fourth-order valence-corrected chi connectivity index (χ4v) is 0. The Morgan fingerprint density at radius 2 is 1.71 bits per heavy atom. The molecule has 0 aliphatic heterocycles. The van der Waals surface area contributed by atoms with E-state index in [0.29, 0.717) is 12.5 Å². The molecule has 0 unspecified atom stereocenters. The molecule has 0 aromatic rings. The van der Waals surface area contributed by atoms with Crippen LogP contribution >= 0.6 is 24.0 Å². The molecule has 1 N–H and O–H groups in total. The van der Waals surface area contributed by atoms with Gasteiger partial charge in [-0.05, 0) is 5.92 Å². The molecular weight excluding hydrogens is 215 g/mol. The molecule has 1 nitrogen and oxygen atoms in total. The van der Waals surface area contributed by atoms with Crippen LogP contribution in [0.2, 0.25) is 0 Å². The fraction of sp³-hybridized carbons (Fsp3) is 1.00. The van der Waals surface area contributed by atoms with Crippen LogP contribution in [-0.4, -0.2) is 34.8 Å². The van der Waals surface area contributed by atoms with Crippen molar-refractivity contribution in [1.82, 2.24) is 0 Å². The summed E-state index contributed by atoms with van der Waals surface area (Å²) in [5, 5.41) is 8.14. The molecule has 0 rings (SSSR count). The summed E-state index contributed by atoms with van der Waals surface area (Å²) in [5.41, 5.74) is 0. The number of halogens is 1. The average molecular weight is 228 g/mol. The molecule has 0 saturated carbocycles. The topological polar surface area (TPSA) is 20.2 Å². The molecule has 0 bridgehead atoms. The van der Waals surface area contributed by atoms with Crippen molar-refractivity contribution in [3.63, 3.8) is 0 Å². The van der Waals surface area contributed by atoms with Crippen molar-refractivity contribution >= 4 is 47.0 Å². The molecule has 7 heavy (non-hydrogen) atoms. The summed E-state index contributed by atoms with van der Waals surface area (Å²) in [5.74, 6) is 0.440. The number of aliphatic hydroxyl groups excluding tert-OH is 1. The Bertz CT molecular complexity index is 32.5. The Kier molecular flexibility index (Phi) is 23.6. The summed E-state index contributed by atoms with van der Waals surface area (Å²) in [6.07, 6.45) is 0. The number of rotatable bonds is 1. The van der Waals surface area contributed by atoms with Crippen molar-refractivity contribution < 1.29 is 7.96 Å². The van der Waals surface area contributed by atoms with Crippen LogP contribution in [0.3, 0.4) is 0 Å². The quantitative estimate of drug-likeness (QED) is 0.526. The Morgan fingerprint density at radius 1 is 1.57 bits per heavy atom. The second-order valence-corrected chi connectivity index (χ2v) is 1.58. The molecule has 0 fully saturated rings. The van der Waals surface area contributed by atoms with Gasteiger partial charge in [0.2, 0.25) is 0 Å². The van der Waals surface area contributed by atoms with Gasteiger partial charge >= 0.3 is 23.1 Å². The Morgan fingerprint density at radius 3 is 1.71 bits per heavy atom. The summed E-state index contributed by atoms with van der Waals surface area (Å²) >= 11 is 0. The largest absolute Gasteiger partial charge is 2.00 e. The third kappa shape index (κ3) is 18.6. The number of aliphatic hydroxyl groups is 1. The molecule has 0 atom stereocenters. The molecule has 0 radical (unpaired) electrons. The van der Waals surface area contributed by atoms with Crippen LogP contribution in [0.4, 0.5) is 0 Å². The monoisotopic (exact) mass is 228 g/mol. The van der Waals surface area contributed by atoms with Crippen molar-refractivity contribution in [3.05, 3.63) is 0 Å². The maximum atomic E-state index is 8.14. The Balaban J connectivity index is -0.0000000133. The zero-order valence-corrected chi connectivity index (χ0v) is 8.59. The molecule has 0 aliphatic carbocycles. The van der Waals surface area contributed by atoms with Crippen LogP contribution in [0.5, 0.6) is 0 Å². The van der Waals surface area contributed by atoms with Crippen LogP contribution in [0, 0.1) is 5.92 Å². The second-order valence-electron chi connectivity index (χ2n) is 1.58. The van der Waals surface area contributed by atoms with E-state index < -0.39 is 0 Å². The average Bonchev–Trinajstić information content (AvgIpc) is 1.38. The normalized spacial score (nSPS) is 6.86. The van der Waals surface area contributed by atoms with Crippen molar-refractivity contribution in [2.24, 2.45) is 5.92 Å². The van der Waals surface area contributed by atoms with E-state index >= 15 is 0 Å². The summed E-state index contributed by atoms with van der Waals surface area (Å²) in [7, 11) is 0. The van der Waals surface area contributed by atoms with E-state index in [1.54, 1.807) is 0 Å². The molecule has 0 aromatic carbocycles. The van der Waals surface area contributed by atoms with Crippen LogP contribution in [-0.2, 0) is 0 Å². The van der Waals surface area contributed by atoms with Crippen LogP contribution in [0.1, 0.15) is 16.7 Å². The van der Waals surface area contributed by atoms with E-state index in [2.05, 4.69) is 0 Å². The van der Waals surface area contributed by atoms with E-state index in [9.17, 15) is 0 Å². The van der Waals surface area contributed by atoms with Gasteiger partial charge in [0.15, 0.2) is 0 Å². The van der Waals surface area contributed by atoms with E-state index in [1.165, 1.54) is 0 Å². The first kappa shape index (κ1) is 15.8. The van der Waals surface area contributed by atoms with Gasteiger partial charge in [-0.2, -0.15) is 0 Å². The summed E-state index contributed by atoms with van der Waals surface area (Å²) in [6.45, 7) is 4.25. The minimum Gasteiger partial charge on any atom is -1.00 e. The molecule has 3 heteroatoms. The SMILES string of the molecule is CC(C)CO.I.[H-].[H-].[Mg+2]. The zero-order chi connectivity index (χ0) is 4.28. The van der Waals surface area contributed by atoms with Gasteiger partial charge in [-0.1, -0.05) is 13.8 Å². The molecule has 0 saturated heterocycles. The first-order valence-corrected chi connectivity index (χ1v) is 1.88. The maximum Gasteiger partial charge on any atom is 2.00 e. The van der Waals surface area contributed by atoms with Crippen molar-refractivity contribution in [2.75, 3.05) is 6.61 Å². The van der Waals surface area contributed by atoms with Crippen LogP contribution in [0.15, 0.2) is 0 Å². The van der Waals surface area contributed by atoms with Gasteiger partial charge in [-0.25, -0.2) is 0 Å². The zero-order valence-electron chi connectivity index (χ0n) is 6.85. The van der Waals surface area contributed by atoms with E-state index in [-0.39, 0.29) is 49.9 Å². The molecule has 0 amide bonds. The summed E-state index contributed by atoms with van der Waals surface area (Å²) in [6, 6.07) is 0. The first-order valence-electron chi connectivity index (χ1n) is 1.88. The molecule has 0 aromatic heterocycles. The van der Waals surface area contributed by atoms with Crippen molar-refractivity contribution in [2.45, 2.75) is 13.8 Å².